The summed E-state index contributed by atoms with van der Waals surface area (Å²) in [6.45, 7) is 5.96. The fourth-order valence-electron chi connectivity index (χ4n) is 3.81. The highest BCUT2D eigenvalue weighted by Crippen LogP contribution is 2.23. The summed E-state index contributed by atoms with van der Waals surface area (Å²) in [7, 11) is 0. The third kappa shape index (κ3) is 3.82. The first-order valence-corrected chi connectivity index (χ1v) is 10.4. The van der Waals surface area contributed by atoms with Gasteiger partial charge in [0.25, 0.3) is 5.56 Å². The van der Waals surface area contributed by atoms with Crippen molar-refractivity contribution in [1.29, 1.82) is 0 Å². The van der Waals surface area contributed by atoms with Gasteiger partial charge in [-0.25, -0.2) is 9.67 Å². The summed E-state index contributed by atoms with van der Waals surface area (Å²) in [5.74, 6) is 1.38. The van der Waals surface area contributed by atoms with Crippen LogP contribution in [0.3, 0.4) is 0 Å². The van der Waals surface area contributed by atoms with Crippen LogP contribution in [-0.4, -0.2) is 49.4 Å². The zero-order valence-electron chi connectivity index (χ0n) is 16.0. The summed E-state index contributed by atoms with van der Waals surface area (Å²) in [5.41, 5.74) is 1.08. The number of hydrogen-bond acceptors (Lipinski definition) is 5. The second-order valence-electron chi connectivity index (χ2n) is 7.53. The van der Waals surface area contributed by atoms with Gasteiger partial charge < -0.3 is 9.88 Å². The van der Waals surface area contributed by atoms with E-state index >= 15 is 0 Å². The number of fused-ring (bicyclic) bond motifs is 1. The highest BCUT2D eigenvalue weighted by atomic mass is 32.2. The SMILES string of the molecule is C[C@H]1C[C@H](C)CN(C(=O)CSc2nc3c(cnn3-c3ccccc3)c(=O)[nH]2)C1. The van der Waals surface area contributed by atoms with Crippen LogP contribution in [0, 0.1) is 11.8 Å². The Morgan fingerprint density at radius 2 is 1.93 bits per heavy atom. The first-order valence-electron chi connectivity index (χ1n) is 9.45. The molecule has 0 saturated carbocycles. The Morgan fingerprint density at radius 3 is 2.64 bits per heavy atom. The maximum absolute atomic E-state index is 12.6. The molecule has 0 spiro atoms. The van der Waals surface area contributed by atoms with Gasteiger partial charge in [-0.15, -0.1) is 0 Å². The summed E-state index contributed by atoms with van der Waals surface area (Å²) in [6.07, 6.45) is 2.68. The quantitative estimate of drug-likeness (QED) is 0.541. The Hall–Kier alpha value is -2.61. The molecule has 1 fully saturated rings. The van der Waals surface area contributed by atoms with E-state index in [-0.39, 0.29) is 17.2 Å². The van der Waals surface area contributed by atoms with Gasteiger partial charge in [0.05, 0.1) is 17.6 Å². The van der Waals surface area contributed by atoms with E-state index in [0.717, 1.165) is 25.2 Å². The van der Waals surface area contributed by atoms with E-state index in [1.54, 1.807) is 4.68 Å². The van der Waals surface area contributed by atoms with E-state index < -0.39 is 0 Å². The van der Waals surface area contributed by atoms with Crippen LogP contribution >= 0.6 is 11.8 Å². The van der Waals surface area contributed by atoms with E-state index in [9.17, 15) is 9.59 Å². The van der Waals surface area contributed by atoms with E-state index in [4.69, 9.17) is 0 Å². The Labute approximate surface area is 167 Å². The Morgan fingerprint density at radius 1 is 1.21 bits per heavy atom. The van der Waals surface area contributed by atoms with Gasteiger partial charge in [0.2, 0.25) is 5.91 Å². The van der Waals surface area contributed by atoms with Crippen molar-refractivity contribution in [3.05, 3.63) is 46.9 Å². The number of rotatable bonds is 4. The van der Waals surface area contributed by atoms with Crippen LogP contribution in [0.4, 0.5) is 0 Å². The highest BCUT2D eigenvalue weighted by molar-refractivity contribution is 7.99. The van der Waals surface area contributed by atoms with E-state index in [0.29, 0.717) is 28.0 Å². The van der Waals surface area contributed by atoms with Gasteiger partial charge in [-0.05, 0) is 30.4 Å². The number of para-hydroxylation sites is 1. The molecule has 1 amide bonds. The Kier molecular flexibility index (Phi) is 5.21. The predicted octanol–water partition coefficient (Wildman–Crippen LogP) is 2.71. The summed E-state index contributed by atoms with van der Waals surface area (Å²) in [4.78, 5) is 34.3. The molecule has 1 saturated heterocycles. The number of benzene rings is 1. The van der Waals surface area contributed by atoms with Crippen molar-refractivity contribution >= 4 is 28.7 Å². The Balaban J connectivity index is 1.54. The number of thioether (sulfide) groups is 1. The number of carbonyl (C=O) groups excluding carboxylic acids is 1. The molecule has 8 heteroatoms. The molecule has 3 heterocycles. The van der Waals surface area contributed by atoms with Crippen LogP contribution in [0.15, 0.2) is 46.5 Å². The minimum atomic E-state index is -0.248. The molecule has 1 aliphatic rings. The summed E-state index contributed by atoms with van der Waals surface area (Å²) >= 11 is 1.26. The van der Waals surface area contributed by atoms with E-state index in [2.05, 4.69) is 28.9 Å². The van der Waals surface area contributed by atoms with Crippen molar-refractivity contribution in [3.63, 3.8) is 0 Å². The number of carbonyl (C=O) groups is 1. The van der Waals surface area contributed by atoms with Crippen LogP contribution in [0.5, 0.6) is 0 Å². The molecule has 0 unspecified atom stereocenters. The summed E-state index contributed by atoms with van der Waals surface area (Å²) in [6, 6.07) is 9.55. The number of aromatic amines is 1. The zero-order valence-corrected chi connectivity index (χ0v) is 16.8. The van der Waals surface area contributed by atoms with Gasteiger partial charge in [0.1, 0.15) is 5.39 Å². The number of aromatic nitrogens is 4. The molecule has 1 aromatic carbocycles. The molecule has 0 bridgehead atoms. The van der Waals surface area contributed by atoms with Crippen molar-refractivity contribution in [2.45, 2.75) is 25.4 Å². The minimum Gasteiger partial charge on any atom is -0.341 e. The molecule has 146 valence electrons. The third-order valence-corrected chi connectivity index (χ3v) is 5.83. The number of hydrogen-bond donors (Lipinski definition) is 1. The normalized spacial score (nSPS) is 19.9. The molecule has 2 aromatic heterocycles. The second-order valence-corrected chi connectivity index (χ2v) is 8.50. The molecule has 3 aromatic rings. The average molecular weight is 398 g/mol. The van der Waals surface area contributed by atoms with Crippen molar-refractivity contribution in [2.24, 2.45) is 11.8 Å². The van der Waals surface area contributed by atoms with Crippen LogP contribution in [0.1, 0.15) is 20.3 Å². The maximum atomic E-state index is 12.6. The van der Waals surface area contributed by atoms with Crippen LogP contribution in [0.2, 0.25) is 0 Å². The molecule has 0 radical (unpaired) electrons. The van der Waals surface area contributed by atoms with Crippen molar-refractivity contribution in [2.75, 3.05) is 18.8 Å². The van der Waals surface area contributed by atoms with Gasteiger partial charge in [-0.1, -0.05) is 43.8 Å². The number of nitrogens with one attached hydrogen (secondary N) is 1. The topological polar surface area (TPSA) is 83.9 Å². The third-order valence-electron chi connectivity index (χ3n) is 4.97. The van der Waals surface area contributed by atoms with Crippen LogP contribution in [0.25, 0.3) is 16.7 Å². The monoisotopic (exact) mass is 397 g/mol. The summed E-state index contributed by atoms with van der Waals surface area (Å²) < 4.78 is 1.64. The molecule has 1 aliphatic heterocycles. The van der Waals surface area contributed by atoms with Crippen molar-refractivity contribution in [3.8, 4) is 5.69 Å². The molecule has 28 heavy (non-hydrogen) atoms. The van der Waals surface area contributed by atoms with Crippen molar-refractivity contribution < 1.29 is 4.79 Å². The number of H-pyrrole nitrogens is 1. The first kappa shape index (κ1) is 18.7. The van der Waals surface area contributed by atoms with Crippen molar-refractivity contribution in [1.82, 2.24) is 24.6 Å². The number of nitrogens with zero attached hydrogens (tertiary/aromatic N) is 4. The lowest BCUT2D eigenvalue weighted by molar-refractivity contribution is -0.130. The standard InChI is InChI=1S/C20H23N5O2S/c1-13-8-14(2)11-24(10-13)17(26)12-28-20-22-18-16(19(27)23-20)9-21-25(18)15-6-4-3-5-7-15/h3-7,9,13-14H,8,10-12H2,1-2H3,(H,22,23,27)/t13-,14-/m0/s1. The van der Waals surface area contributed by atoms with E-state index in [1.807, 2.05) is 35.2 Å². The lowest BCUT2D eigenvalue weighted by Gasteiger charge is -2.34. The van der Waals surface area contributed by atoms with Gasteiger partial charge in [0, 0.05) is 13.1 Å². The molecule has 0 aliphatic carbocycles. The minimum absolute atomic E-state index is 0.0858. The fraction of sp³-hybridized carbons (Fsp3) is 0.400. The van der Waals surface area contributed by atoms with E-state index in [1.165, 1.54) is 18.0 Å². The lowest BCUT2D eigenvalue weighted by atomic mass is 9.92. The van der Waals surface area contributed by atoms with Gasteiger partial charge >= 0.3 is 0 Å². The van der Waals surface area contributed by atoms with Gasteiger partial charge in [0.15, 0.2) is 10.8 Å². The number of piperidine rings is 1. The zero-order chi connectivity index (χ0) is 19.7. The maximum Gasteiger partial charge on any atom is 0.262 e. The largest absolute Gasteiger partial charge is 0.341 e. The Bertz CT molecular complexity index is 1040. The molecular weight excluding hydrogens is 374 g/mol. The first-order chi connectivity index (χ1) is 13.5. The summed E-state index contributed by atoms with van der Waals surface area (Å²) in [5, 5.41) is 5.16. The molecule has 4 rings (SSSR count). The molecular formula is C20H23N5O2S. The average Bonchev–Trinajstić information content (AvgIpc) is 3.10. The molecule has 7 nitrogen and oxygen atoms in total. The number of likely N-dealkylation sites (tertiary alicyclic amines) is 1. The molecule has 1 N–H and O–H groups in total. The van der Waals surface area contributed by atoms with Gasteiger partial charge in [-0.2, -0.15) is 5.10 Å². The second kappa shape index (κ2) is 7.79. The smallest absolute Gasteiger partial charge is 0.262 e. The lowest BCUT2D eigenvalue weighted by Crippen LogP contribution is -2.43. The van der Waals surface area contributed by atoms with Crippen LogP contribution < -0.4 is 5.56 Å². The fourth-order valence-corrected chi connectivity index (χ4v) is 4.57. The van der Waals surface area contributed by atoms with Crippen LogP contribution in [-0.2, 0) is 4.79 Å². The highest BCUT2D eigenvalue weighted by Gasteiger charge is 2.25. The predicted molar refractivity (Wildman–Crippen MR) is 110 cm³/mol. The number of amides is 1. The van der Waals surface area contributed by atoms with Gasteiger partial charge in [-0.3, -0.25) is 9.59 Å². The molecule has 2 atom stereocenters.